The number of nitrogens with two attached hydrogens (primary N) is 1. The van der Waals surface area contributed by atoms with Gasteiger partial charge in [-0.1, -0.05) is 40.2 Å². The van der Waals surface area contributed by atoms with E-state index in [9.17, 15) is 0 Å². The lowest BCUT2D eigenvalue weighted by Gasteiger charge is -1.99. The van der Waals surface area contributed by atoms with Crippen LogP contribution in [0.15, 0.2) is 34.8 Å². The van der Waals surface area contributed by atoms with Crippen molar-refractivity contribution >= 4 is 22.0 Å². The van der Waals surface area contributed by atoms with Gasteiger partial charge in [0.2, 0.25) is 0 Å². The van der Waals surface area contributed by atoms with E-state index >= 15 is 0 Å². The summed E-state index contributed by atoms with van der Waals surface area (Å²) in [6, 6.07) is 7.60. The SMILES string of the molecule is N[C@@H](C=Cc1ccc(Br)cc1)CO. The third-order valence-electron chi connectivity index (χ3n) is 1.62. The van der Waals surface area contributed by atoms with Crippen molar-refractivity contribution in [1.82, 2.24) is 0 Å². The molecule has 1 aromatic rings. The van der Waals surface area contributed by atoms with Crippen molar-refractivity contribution in [2.75, 3.05) is 6.61 Å². The average Bonchev–Trinajstić information content (AvgIpc) is 2.16. The van der Waals surface area contributed by atoms with Crippen LogP contribution >= 0.6 is 15.9 Å². The zero-order valence-corrected chi connectivity index (χ0v) is 8.74. The minimum absolute atomic E-state index is 0.0208. The maximum Gasteiger partial charge on any atom is 0.0618 e. The third-order valence-corrected chi connectivity index (χ3v) is 2.15. The molecule has 3 heteroatoms. The number of aliphatic hydroxyl groups is 1. The third kappa shape index (κ3) is 3.72. The Balaban J connectivity index is 2.64. The highest BCUT2D eigenvalue weighted by molar-refractivity contribution is 9.10. The van der Waals surface area contributed by atoms with Crippen LogP contribution in [-0.2, 0) is 0 Å². The number of rotatable bonds is 3. The molecule has 0 heterocycles. The molecule has 1 atom stereocenters. The van der Waals surface area contributed by atoms with Gasteiger partial charge in [-0.05, 0) is 17.7 Å². The Labute approximate surface area is 86.2 Å². The van der Waals surface area contributed by atoms with Gasteiger partial charge in [0.25, 0.3) is 0 Å². The summed E-state index contributed by atoms with van der Waals surface area (Å²) in [5.41, 5.74) is 6.58. The van der Waals surface area contributed by atoms with Crippen LogP contribution in [0.5, 0.6) is 0 Å². The molecular weight excluding hydrogens is 230 g/mol. The molecule has 1 aromatic carbocycles. The highest BCUT2D eigenvalue weighted by Gasteiger charge is 1.92. The minimum atomic E-state index is -0.274. The van der Waals surface area contributed by atoms with Crippen LogP contribution in [0.3, 0.4) is 0 Å². The van der Waals surface area contributed by atoms with Gasteiger partial charge in [0.1, 0.15) is 0 Å². The van der Waals surface area contributed by atoms with E-state index in [1.165, 1.54) is 0 Å². The fraction of sp³-hybridized carbons (Fsp3) is 0.200. The van der Waals surface area contributed by atoms with Crippen LogP contribution in [0.1, 0.15) is 5.56 Å². The van der Waals surface area contributed by atoms with Gasteiger partial charge in [0, 0.05) is 10.5 Å². The smallest absolute Gasteiger partial charge is 0.0618 e. The van der Waals surface area contributed by atoms with Crippen molar-refractivity contribution in [2.45, 2.75) is 6.04 Å². The van der Waals surface area contributed by atoms with Gasteiger partial charge in [-0.15, -0.1) is 0 Å². The molecule has 1 rings (SSSR count). The summed E-state index contributed by atoms with van der Waals surface area (Å²) in [5, 5.41) is 8.67. The first-order chi connectivity index (χ1) is 6.22. The second kappa shape index (κ2) is 5.17. The molecule has 13 heavy (non-hydrogen) atoms. The lowest BCUT2D eigenvalue weighted by molar-refractivity contribution is 0.284. The van der Waals surface area contributed by atoms with Crippen LogP contribution < -0.4 is 5.73 Å². The van der Waals surface area contributed by atoms with Crippen molar-refractivity contribution in [2.24, 2.45) is 5.73 Å². The van der Waals surface area contributed by atoms with E-state index in [1.807, 2.05) is 30.3 Å². The van der Waals surface area contributed by atoms with E-state index in [0.29, 0.717) is 0 Å². The van der Waals surface area contributed by atoms with Gasteiger partial charge in [-0.2, -0.15) is 0 Å². The average molecular weight is 242 g/mol. The Kier molecular flexibility index (Phi) is 4.15. The number of hydrogen-bond donors (Lipinski definition) is 2. The highest BCUT2D eigenvalue weighted by Crippen LogP contribution is 2.11. The standard InChI is InChI=1S/C10H12BrNO/c11-9-4-1-8(2-5-9)3-6-10(12)7-13/h1-6,10,13H,7,12H2/t10-/m0/s1. The van der Waals surface area contributed by atoms with Crippen LogP contribution in [0.4, 0.5) is 0 Å². The predicted octanol–water partition coefficient (Wildman–Crippen LogP) is 1.78. The normalized spacial score (nSPS) is 13.5. The van der Waals surface area contributed by atoms with E-state index < -0.39 is 0 Å². The van der Waals surface area contributed by atoms with Crippen LogP contribution in [0.25, 0.3) is 6.08 Å². The van der Waals surface area contributed by atoms with E-state index in [4.69, 9.17) is 10.8 Å². The molecule has 0 aromatic heterocycles. The molecule has 2 nitrogen and oxygen atoms in total. The van der Waals surface area contributed by atoms with E-state index in [1.54, 1.807) is 6.08 Å². The molecular formula is C10H12BrNO. The summed E-state index contributed by atoms with van der Waals surface area (Å²) < 4.78 is 1.05. The first kappa shape index (κ1) is 10.4. The summed E-state index contributed by atoms with van der Waals surface area (Å²) >= 11 is 3.35. The van der Waals surface area contributed by atoms with Gasteiger partial charge in [0.15, 0.2) is 0 Å². The summed E-state index contributed by atoms with van der Waals surface area (Å²) in [7, 11) is 0. The minimum Gasteiger partial charge on any atom is -0.394 e. The zero-order chi connectivity index (χ0) is 9.68. The fourth-order valence-electron chi connectivity index (χ4n) is 0.869. The Morgan fingerprint density at radius 2 is 2.00 bits per heavy atom. The fourth-order valence-corrected chi connectivity index (χ4v) is 1.13. The molecule has 0 saturated heterocycles. The van der Waals surface area contributed by atoms with Crippen molar-refractivity contribution in [3.05, 3.63) is 40.4 Å². The van der Waals surface area contributed by atoms with E-state index in [2.05, 4.69) is 15.9 Å². The highest BCUT2D eigenvalue weighted by atomic mass is 79.9. The Morgan fingerprint density at radius 3 is 2.54 bits per heavy atom. The van der Waals surface area contributed by atoms with Crippen molar-refractivity contribution in [1.29, 1.82) is 0 Å². The van der Waals surface area contributed by atoms with Gasteiger partial charge in [-0.25, -0.2) is 0 Å². The van der Waals surface area contributed by atoms with E-state index in [-0.39, 0.29) is 12.6 Å². The molecule has 0 spiro atoms. The molecule has 0 aliphatic heterocycles. The van der Waals surface area contributed by atoms with Crippen molar-refractivity contribution < 1.29 is 5.11 Å². The van der Waals surface area contributed by atoms with Gasteiger partial charge >= 0.3 is 0 Å². The van der Waals surface area contributed by atoms with Crippen LogP contribution in [-0.4, -0.2) is 17.8 Å². The molecule has 0 radical (unpaired) electrons. The quantitative estimate of drug-likeness (QED) is 0.848. The molecule has 70 valence electrons. The monoisotopic (exact) mass is 241 g/mol. The molecule has 0 unspecified atom stereocenters. The molecule has 0 amide bonds. The molecule has 0 fully saturated rings. The molecule has 3 N–H and O–H groups in total. The molecule has 0 saturated carbocycles. The first-order valence-corrected chi connectivity index (χ1v) is 4.82. The zero-order valence-electron chi connectivity index (χ0n) is 7.15. The molecule has 0 aliphatic rings. The predicted molar refractivity (Wildman–Crippen MR) is 58.2 cm³/mol. The second-order valence-electron chi connectivity index (χ2n) is 2.76. The van der Waals surface area contributed by atoms with Crippen molar-refractivity contribution in [3.63, 3.8) is 0 Å². The first-order valence-electron chi connectivity index (χ1n) is 4.02. The molecule has 0 bridgehead atoms. The largest absolute Gasteiger partial charge is 0.394 e. The second-order valence-corrected chi connectivity index (χ2v) is 3.67. The maximum atomic E-state index is 8.67. The van der Waals surface area contributed by atoms with Crippen LogP contribution in [0.2, 0.25) is 0 Å². The van der Waals surface area contributed by atoms with Gasteiger partial charge < -0.3 is 10.8 Å². The van der Waals surface area contributed by atoms with Gasteiger partial charge in [0.05, 0.1) is 6.61 Å². The van der Waals surface area contributed by atoms with E-state index in [0.717, 1.165) is 10.0 Å². The Morgan fingerprint density at radius 1 is 1.38 bits per heavy atom. The van der Waals surface area contributed by atoms with Gasteiger partial charge in [-0.3, -0.25) is 0 Å². The number of halogens is 1. The van der Waals surface area contributed by atoms with Crippen molar-refractivity contribution in [3.8, 4) is 0 Å². The Bertz CT molecular complexity index is 281. The summed E-state index contributed by atoms with van der Waals surface area (Å²) in [4.78, 5) is 0. The molecule has 0 aliphatic carbocycles. The number of aliphatic hydroxyl groups excluding tert-OH is 1. The topological polar surface area (TPSA) is 46.2 Å². The lowest BCUT2D eigenvalue weighted by Crippen LogP contribution is -2.20. The lowest BCUT2D eigenvalue weighted by atomic mass is 10.2. The maximum absolute atomic E-state index is 8.67. The van der Waals surface area contributed by atoms with Crippen LogP contribution in [0, 0.1) is 0 Å². The number of benzene rings is 1. The number of hydrogen-bond acceptors (Lipinski definition) is 2. The summed E-state index contributed by atoms with van der Waals surface area (Å²) in [6.45, 7) is -0.0208. The summed E-state index contributed by atoms with van der Waals surface area (Å²) in [5.74, 6) is 0. The summed E-state index contributed by atoms with van der Waals surface area (Å²) in [6.07, 6.45) is 3.68. The Hall–Kier alpha value is -0.640.